The number of anilines is 1. The van der Waals surface area contributed by atoms with E-state index in [4.69, 9.17) is 5.73 Å². The van der Waals surface area contributed by atoms with Crippen LogP contribution < -0.4 is 5.73 Å². The highest BCUT2D eigenvalue weighted by Crippen LogP contribution is 2.30. The summed E-state index contributed by atoms with van der Waals surface area (Å²) >= 11 is 0. The first-order valence-corrected chi connectivity index (χ1v) is 7.19. The van der Waals surface area contributed by atoms with E-state index in [1.165, 1.54) is 12.1 Å². The lowest BCUT2D eigenvalue weighted by atomic mass is 10.1. The molecule has 20 heavy (non-hydrogen) atoms. The molecule has 0 aliphatic heterocycles. The molecule has 1 aromatic carbocycles. The van der Waals surface area contributed by atoms with Crippen LogP contribution in [0.2, 0.25) is 0 Å². The maximum atomic E-state index is 13.2. The molecule has 2 N–H and O–H groups in total. The van der Waals surface area contributed by atoms with E-state index in [0.29, 0.717) is 5.82 Å². The summed E-state index contributed by atoms with van der Waals surface area (Å²) in [5, 5.41) is 0. The molecule has 0 aliphatic carbocycles. The maximum Gasteiger partial charge on any atom is 0.131 e. The van der Waals surface area contributed by atoms with Crippen molar-refractivity contribution in [3.05, 3.63) is 35.4 Å². The van der Waals surface area contributed by atoms with Gasteiger partial charge in [0.15, 0.2) is 0 Å². The van der Waals surface area contributed by atoms with Crippen molar-refractivity contribution < 1.29 is 4.39 Å². The van der Waals surface area contributed by atoms with Crippen LogP contribution >= 0.6 is 0 Å². The van der Waals surface area contributed by atoms with Crippen molar-refractivity contribution in [2.24, 2.45) is 0 Å². The zero-order valence-corrected chi connectivity index (χ0v) is 12.4. The second kappa shape index (κ2) is 6.07. The fourth-order valence-corrected chi connectivity index (χ4v) is 2.44. The van der Waals surface area contributed by atoms with Gasteiger partial charge in [-0.25, -0.2) is 9.37 Å². The Kier molecular flexibility index (Phi) is 4.42. The first kappa shape index (κ1) is 14.6. The topological polar surface area (TPSA) is 43.8 Å². The average molecular weight is 275 g/mol. The van der Waals surface area contributed by atoms with E-state index >= 15 is 0 Å². The molecule has 1 aromatic heterocycles. The Morgan fingerprint density at radius 3 is 2.65 bits per heavy atom. The van der Waals surface area contributed by atoms with Crippen LogP contribution in [0.25, 0.3) is 11.3 Å². The Balaban J connectivity index is 2.49. The molecule has 0 fully saturated rings. The number of rotatable bonds is 5. The van der Waals surface area contributed by atoms with E-state index in [1.807, 2.05) is 6.92 Å². The normalized spacial score (nSPS) is 11.0. The van der Waals surface area contributed by atoms with Crippen molar-refractivity contribution in [3.63, 3.8) is 0 Å². The van der Waals surface area contributed by atoms with Gasteiger partial charge in [0.05, 0.1) is 0 Å². The molecule has 0 amide bonds. The van der Waals surface area contributed by atoms with E-state index in [1.54, 1.807) is 6.07 Å². The summed E-state index contributed by atoms with van der Waals surface area (Å²) in [6.45, 7) is 7.00. The molecule has 0 radical (unpaired) electrons. The highest BCUT2D eigenvalue weighted by molar-refractivity contribution is 5.73. The number of aryl methyl sites for hydroxylation is 2. The van der Waals surface area contributed by atoms with Gasteiger partial charge >= 0.3 is 0 Å². The third-order valence-electron chi connectivity index (χ3n) is 3.58. The molecule has 1 heterocycles. The van der Waals surface area contributed by atoms with Crippen molar-refractivity contribution in [3.8, 4) is 11.3 Å². The summed E-state index contributed by atoms with van der Waals surface area (Å²) in [5.41, 5.74) is 8.81. The summed E-state index contributed by atoms with van der Waals surface area (Å²) in [6, 6.07) is 4.73. The van der Waals surface area contributed by atoms with Gasteiger partial charge in [-0.2, -0.15) is 0 Å². The van der Waals surface area contributed by atoms with Crippen LogP contribution in [0.4, 0.5) is 10.2 Å². The standard InChI is InChI=1S/C16H22FN3/c1-4-6-9-20-14(5-2)19-15(16(20)18)13-8-7-12(17)10-11(13)3/h7-8,10H,4-6,9,18H2,1-3H3. The van der Waals surface area contributed by atoms with E-state index < -0.39 is 0 Å². The van der Waals surface area contributed by atoms with Gasteiger partial charge < -0.3 is 10.3 Å². The molecule has 0 saturated carbocycles. The lowest BCUT2D eigenvalue weighted by Gasteiger charge is -2.08. The molecule has 2 aromatic rings. The van der Waals surface area contributed by atoms with Crippen LogP contribution in [0.5, 0.6) is 0 Å². The number of nitrogen functional groups attached to an aromatic ring is 1. The Labute approximate surface area is 119 Å². The van der Waals surface area contributed by atoms with Crippen molar-refractivity contribution in [2.75, 3.05) is 5.73 Å². The van der Waals surface area contributed by atoms with Crippen molar-refractivity contribution in [1.29, 1.82) is 0 Å². The minimum atomic E-state index is -0.231. The lowest BCUT2D eigenvalue weighted by molar-refractivity contribution is 0.612. The predicted molar refractivity (Wildman–Crippen MR) is 81.1 cm³/mol. The Morgan fingerprint density at radius 1 is 1.30 bits per heavy atom. The zero-order valence-electron chi connectivity index (χ0n) is 12.4. The van der Waals surface area contributed by atoms with Gasteiger partial charge in [-0.3, -0.25) is 0 Å². The predicted octanol–water partition coefficient (Wildman–Crippen LogP) is 3.94. The van der Waals surface area contributed by atoms with E-state index in [9.17, 15) is 4.39 Å². The highest BCUT2D eigenvalue weighted by atomic mass is 19.1. The van der Waals surface area contributed by atoms with Crippen LogP contribution in [-0.2, 0) is 13.0 Å². The highest BCUT2D eigenvalue weighted by Gasteiger charge is 2.16. The largest absolute Gasteiger partial charge is 0.383 e. The molecule has 108 valence electrons. The maximum absolute atomic E-state index is 13.2. The van der Waals surface area contributed by atoms with Gasteiger partial charge in [-0.1, -0.05) is 20.3 Å². The zero-order chi connectivity index (χ0) is 14.7. The summed E-state index contributed by atoms with van der Waals surface area (Å²) in [6.07, 6.45) is 3.04. The van der Waals surface area contributed by atoms with Crippen LogP contribution in [0.15, 0.2) is 18.2 Å². The fraction of sp³-hybridized carbons (Fsp3) is 0.438. The second-order valence-corrected chi connectivity index (χ2v) is 5.08. The van der Waals surface area contributed by atoms with Crippen LogP contribution in [0, 0.1) is 12.7 Å². The third kappa shape index (κ3) is 2.69. The van der Waals surface area contributed by atoms with Gasteiger partial charge in [0.2, 0.25) is 0 Å². The van der Waals surface area contributed by atoms with Gasteiger partial charge in [-0.15, -0.1) is 0 Å². The van der Waals surface area contributed by atoms with Gasteiger partial charge in [0.1, 0.15) is 23.2 Å². The summed E-state index contributed by atoms with van der Waals surface area (Å²) < 4.78 is 15.3. The number of aromatic nitrogens is 2. The molecule has 4 heteroatoms. The molecule has 2 rings (SSSR count). The Bertz CT molecular complexity index is 602. The first-order chi connectivity index (χ1) is 9.58. The van der Waals surface area contributed by atoms with Crippen LogP contribution in [0.1, 0.15) is 38.1 Å². The third-order valence-corrected chi connectivity index (χ3v) is 3.58. The molecule has 0 unspecified atom stereocenters. The number of benzene rings is 1. The van der Waals surface area contributed by atoms with Gasteiger partial charge in [0.25, 0.3) is 0 Å². The minimum Gasteiger partial charge on any atom is -0.383 e. The molecule has 0 aliphatic rings. The second-order valence-electron chi connectivity index (χ2n) is 5.08. The molecule has 0 spiro atoms. The molecule has 0 saturated heterocycles. The van der Waals surface area contributed by atoms with Crippen LogP contribution in [-0.4, -0.2) is 9.55 Å². The van der Waals surface area contributed by atoms with E-state index in [0.717, 1.165) is 48.5 Å². The van der Waals surface area contributed by atoms with Crippen molar-refractivity contribution in [1.82, 2.24) is 9.55 Å². The average Bonchev–Trinajstić information content (AvgIpc) is 2.73. The first-order valence-electron chi connectivity index (χ1n) is 7.19. The molecular formula is C16H22FN3. The van der Waals surface area contributed by atoms with Crippen molar-refractivity contribution in [2.45, 2.75) is 46.6 Å². The smallest absolute Gasteiger partial charge is 0.131 e. The molecule has 0 atom stereocenters. The summed E-state index contributed by atoms with van der Waals surface area (Å²) in [4.78, 5) is 4.66. The molecule has 3 nitrogen and oxygen atoms in total. The monoisotopic (exact) mass is 275 g/mol. The lowest BCUT2D eigenvalue weighted by Crippen LogP contribution is -2.06. The number of hydrogen-bond donors (Lipinski definition) is 1. The van der Waals surface area contributed by atoms with E-state index in [-0.39, 0.29) is 5.82 Å². The number of halogens is 1. The SMILES string of the molecule is CCCCn1c(CC)nc(-c2ccc(F)cc2C)c1N. The number of nitrogens with zero attached hydrogens (tertiary/aromatic N) is 2. The van der Waals surface area contributed by atoms with Gasteiger partial charge in [0, 0.05) is 18.5 Å². The fourth-order valence-electron chi connectivity index (χ4n) is 2.44. The number of unbranched alkanes of at least 4 members (excludes halogenated alkanes) is 1. The van der Waals surface area contributed by atoms with E-state index in [2.05, 4.69) is 23.4 Å². The number of imidazole rings is 1. The molecular weight excluding hydrogens is 253 g/mol. The Morgan fingerprint density at radius 2 is 2.05 bits per heavy atom. The summed E-state index contributed by atoms with van der Waals surface area (Å²) in [7, 11) is 0. The number of nitrogens with two attached hydrogens (primary N) is 1. The van der Waals surface area contributed by atoms with Crippen LogP contribution in [0.3, 0.4) is 0 Å². The van der Waals surface area contributed by atoms with Gasteiger partial charge in [-0.05, 0) is 37.1 Å². The van der Waals surface area contributed by atoms with Crippen molar-refractivity contribution >= 4 is 5.82 Å². The quantitative estimate of drug-likeness (QED) is 0.898. The number of hydrogen-bond acceptors (Lipinski definition) is 2. The summed E-state index contributed by atoms with van der Waals surface area (Å²) in [5.74, 6) is 1.45. The Hall–Kier alpha value is -1.84. The molecule has 0 bridgehead atoms. The minimum absolute atomic E-state index is 0.231.